The van der Waals surface area contributed by atoms with Crippen molar-refractivity contribution < 1.29 is 23.8 Å². The van der Waals surface area contributed by atoms with Crippen molar-refractivity contribution in [3.05, 3.63) is 64.7 Å². The lowest BCUT2D eigenvalue weighted by Crippen LogP contribution is -2.02. The summed E-state index contributed by atoms with van der Waals surface area (Å²) in [4.78, 5) is 10.9. The van der Waals surface area contributed by atoms with Crippen LogP contribution in [-0.4, -0.2) is 25.3 Å². The van der Waals surface area contributed by atoms with Crippen LogP contribution in [0.3, 0.4) is 0 Å². The second-order valence-electron chi connectivity index (χ2n) is 4.87. The van der Waals surface area contributed by atoms with Crippen LogP contribution >= 0.6 is 15.9 Å². The number of carboxylic acids is 1. The zero-order chi connectivity index (χ0) is 17.0. The van der Waals surface area contributed by atoms with Gasteiger partial charge in [-0.2, -0.15) is 0 Å². The van der Waals surface area contributed by atoms with Crippen LogP contribution in [0.1, 0.15) is 21.5 Å². The minimum atomic E-state index is -0.988. The first-order chi connectivity index (χ1) is 11.0. The summed E-state index contributed by atoms with van der Waals surface area (Å²) in [5.41, 5.74) is 1.52. The molecule has 6 heteroatoms. The number of rotatable bonds is 6. The van der Waals surface area contributed by atoms with Crippen molar-refractivity contribution in [1.29, 1.82) is 0 Å². The van der Waals surface area contributed by atoms with Crippen LogP contribution < -0.4 is 9.47 Å². The largest absolute Gasteiger partial charge is 0.496 e. The average Bonchev–Trinajstić information content (AvgIpc) is 2.54. The molecular formula is C18H19BrFO4. The monoisotopic (exact) mass is 397 g/mol. The predicted octanol–water partition coefficient (Wildman–Crippen LogP) is 4.54. The van der Waals surface area contributed by atoms with Gasteiger partial charge in [0.1, 0.15) is 5.75 Å². The summed E-state index contributed by atoms with van der Waals surface area (Å²) in [6.07, 6.45) is 0.929. The Morgan fingerprint density at radius 1 is 1.12 bits per heavy atom. The summed E-state index contributed by atoms with van der Waals surface area (Å²) < 4.78 is 25.3. The van der Waals surface area contributed by atoms with Gasteiger partial charge in [0.25, 0.3) is 0 Å². The quantitative estimate of drug-likeness (QED) is 0.777. The van der Waals surface area contributed by atoms with Gasteiger partial charge in [-0.3, -0.25) is 0 Å². The van der Waals surface area contributed by atoms with E-state index in [0.29, 0.717) is 28.6 Å². The lowest BCUT2D eigenvalue weighted by Gasteiger charge is -2.13. The number of ether oxygens (including phenoxy) is 2. The first kappa shape index (κ1) is 20.0. The number of carboxylic acid groups (broad SMARTS) is 1. The molecule has 0 fully saturated rings. The highest BCUT2D eigenvalue weighted by Gasteiger charge is 2.15. The van der Waals surface area contributed by atoms with Gasteiger partial charge in [-0.05, 0) is 42.7 Å². The molecule has 0 aliphatic heterocycles. The Hall–Kier alpha value is -2.08. The second kappa shape index (κ2) is 8.68. The maximum absolute atomic E-state index is 14.4. The topological polar surface area (TPSA) is 55.8 Å². The van der Waals surface area contributed by atoms with Gasteiger partial charge in [0, 0.05) is 10.0 Å². The highest BCUT2D eigenvalue weighted by molar-refractivity contribution is 9.10. The van der Waals surface area contributed by atoms with E-state index < -0.39 is 11.8 Å². The summed E-state index contributed by atoms with van der Waals surface area (Å²) in [5.74, 6) is -0.800. The van der Waals surface area contributed by atoms with Crippen LogP contribution in [0.4, 0.5) is 4.39 Å². The molecule has 0 saturated carbocycles. The number of aromatic carboxylic acids is 1. The van der Waals surface area contributed by atoms with Crippen LogP contribution in [0.5, 0.6) is 11.5 Å². The Bertz CT molecular complexity index is 731. The minimum absolute atomic E-state index is 0. The fourth-order valence-corrected chi connectivity index (χ4v) is 2.88. The first-order valence-corrected chi connectivity index (χ1v) is 7.68. The van der Waals surface area contributed by atoms with E-state index >= 15 is 0 Å². The lowest BCUT2D eigenvalue weighted by molar-refractivity contribution is 0.0697. The van der Waals surface area contributed by atoms with E-state index in [1.807, 2.05) is 0 Å². The van der Waals surface area contributed by atoms with Crippen LogP contribution in [0.15, 0.2) is 34.8 Å². The number of hydrogen-bond donors (Lipinski definition) is 1. The van der Waals surface area contributed by atoms with E-state index in [1.54, 1.807) is 12.1 Å². The smallest absolute Gasteiger partial charge is 0.335 e. The number of benzene rings is 2. The van der Waals surface area contributed by atoms with Crippen molar-refractivity contribution in [2.45, 2.75) is 12.8 Å². The molecule has 0 aliphatic rings. The van der Waals surface area contributed by atoms with Crippen LogP contribution in [0.25, 0.3) is 0 Å². The molecule has 24 heavy (non-hydrogen) atoms. The molecule has 0 atom stereocenters. The molecule has 2 aromatic carbocycles. The Kier molecular flexibility index (Phi) is 7.22. The number of carbonyl (C=O) groups is 1. The SMILES string of the molecule is COc1ccc(OC)c(CCc2ccc(C(=O)O)cc2Br)c1F.[CH3]. The van der Waals surface area contributed by atoms with Gasteiger partial charge in [0.15, 0.2) is 11.6 Å². The summed E-state index contributed by atoms with van der Waals surface area (Å²) in [6.45, 7) is 0. The molecule has 1 N–H and O–H groups in total. The van der Waals surface area contributed by atoms with E-state index in [4.69, 9.17) is 14.6 Å². The standard InChI is InChI=1S/C17H16BrFO4.CH3/c1-22-14-7-8-15(23-2)16(19)12(14)6-5-10-3-4-11(17(20)21)9-13(10)18;/h3-4,7-9H,5-6H2,1-2H3,(H,20,21);1H3. The van der Waals surface area contributed by atoms with E-state index in [1.165, 1.54) is 32.4 Å². The van der Waals surface area contributed by atoms with Crippen molar-refractivity contribution in [3.63, 3.8) is 0 Å². The third kappa shape index (κ3) is 4.26. The summed E-state index contributed by atoms with van der Waals surface area (Å²) in [7, 11) is 2.90. The van der Waals surface area contributed by atoms with Crippen LogP contribution in [0, 0.1) is 13.2 Å². The van der Waals surface area contributed by atoms with Crippen molar-refractivity contribution >= 4 is 21.9 Å². The van der Waals surface area contributed by atoms with Crippen LogP contribution in [-0.2, 0) is 12.8 Å². The molecule has 0 amide bonds. The molecule has 0 spiro atoms. The zero-order valence-corrected chi connectivity index (χ0v) is 15.3. The molecule has 4 nitrogen and oxygen atoms in total. The maximum Gasteiger partial charge on any atom is 0.335 e. The van der Waals surface area contributed by atoms with E-state index in [-0.39, 0.29) is 18.7 Å². The molecular weight excluding hydrogens is 379 g/mol. The Morgan fingerprint density at radius 2 is 1.75 bits per heavy atom. The predicted molar refractivity (Wildman–Crippen MR) is 94.4 cm³/mol. The molecule has 1 radical (unpaired) electrons. The van der Waals surface area contributed by atoms with Gasteiger partial charge in [-0.15, -0.1) is 0 Å². The second-order valence-corrected chi connectivity index (χ2v) is 5.73. The highest BCUT2D eigenvalue weighted by Crippen LogP contribution is 2.30. The fraction of sp³-hybridized carbons (Fsp3) is 0.222. The van der Waals surface area contributed by atoms with Crippen LogP contribution in [0.2, 0.25) is 0 Å². The van der Waals surface area contributed by atoms with Gasteiger partial charge in [-0.25, -0.2) is 9.18 Å². The number of aryl methyl sites for hydroxylation is 1. The third-order valence-corrected chi connectivity index (χ3v) is 4.29. The summed E-state index contributed by atoms with van der Waals surface area (Å²) >= 11 is 3.36. The first-order valence-electron chi connectivity index (χ1n) is 6.89. The van der Waals surface area contributed by atoms with E-state index in [2.05, 4.69) is 15.9 Å². The van der Waals surface area contributed by atoms with Gasteiger partial charge in [0.2, 0.25) is 0 Å². The summed E-state index contributed by atoms with van der Waals surface area (Å²) in [6, 6.07) is 7.98. The normalized spacial score (nSPS) is 10.0. The fourth-order valence-electron chi connectivity index (χ4n) is 2.31. The van der Waals surface area contributed by atoms with Gasteiger partial charge in [-0.1, -0.05) is 29.4 Å². The van der Waals surface area contributed by atoms with Crippen molar-refractivity contribution in [1.82, 2.24) is 0 Å². The van der Waals surface area contributed by atoms with E-state index in [9.17, 15) is 9.18 Å². The van der Waals surface area contributed by atoms with Gasteiger partial charge < -0.3 is 14.6 Å². The number of halogens is 2. The molecule has 0 unspecified atom stereocenters. The molecule has 129 valence electrons. The third-order valence-electron chi connectivity index (χ3n) is 3.55. The molecule has 0 aliphatic carbocycles. The minimum Gasteiger partial charge on any atom is -0.496 e. The molecule has 0 saturated heterocycles. The Morgan fingerprint density at radius 3 is 2.29 bits per heavy atom. The molecule has 2 rings (SSSR count). The Labute approximate surface area is 149 Å². The Balaban J connectivity index is 0.00000288. The number of methoxy groups -OCH3 is 2. The van der Waals surface area contributed by atoms with Crippen molar-refractivity contribution in [2.75, 3.05) is 14.2 Å². The molecule has 0 heterocycles. The molecule has 0 bridgehead atoms. The van der Waals surface area contributed by atoms with Crippen molar-refractivity contribution in [3.8, 4) is 11.5 Å². The van der Waals surface area contributed by atoms with E-state index in [0.717, 1.165) is 5.56 Å². The van der Waals surface area contributed by atoms with Gasteiger partial charge in [0.05, 0.1) is 19.8 Å². The summed E-state index contributed by atoms with van der Waals surface area (Å²) in [5, 5.41) is 8.97. The number of hydrogen-bond acceptors (Lipinski definition) is 3. The highest BCUT2D eigenvalue weighted by atomic mass is 79.9. The average molecular weight is 398 g/mol. The lowest BCUT2D eigenvalue weighted by atomic mass is 10.0. The van der Waals surface area contributed by atoms with Crippen molar-refractivity contribution in [2.24, 2.45) is 0 Å². The molecule has 0 aromatic heterocycles. The zero-order valence-electron chi connectivity index (χ0n) is 13.7. The molecule has 2 aromatic rings. The maximum atomic E-state index is 14.4. The van der Waals surface area contributed by atoms with Gasteiger partial charge >= 0.3 is 5.97 Å².